The molecule has 4 heteroatoms. The van der Waals surface area contributed by atoms with Crippen LogP contribution in [0.1, 0.15) is 37.4 Å². The van der Waals surface area contributed by atoms with E-state index in [0.717, 1.165) is 12.5 Å². The van der Waals surface area contributed by atoms with Crippen LogP contribution in [0.15, 0.2) is 36.4 Å². The van der Waals surface area contributed by atoms with Crippen LogP contribution in [-0.2, 0) is 6.18 Å². The predicted molar refractivity (Wildman–Crippen MR) is 67.3 cm³/mol. The van der Waals surface area contributed by atoms with E-state index in [9.17, 15) is 13.2 Å². The first kappa shape index (κ1) is 14.8. The van der Waals surface area contributed by atoms with Crippen molar-refractivity contribution in [1.29, 1.82) is 0 Å². The third kappa shape index (κ3) is 3.60. The monoisotopic (exact) mass is 257 g/mol. The number of alkyl halides is 3. The van der Waals surface area contributed by atoms with E-state index < -0.39 is 17.8 Å². The molecule has 0 heterocycles. The van der Waals surface area contributed by atoms with Crippen molar-refractivity contribution < 1.29 is 13.2 Å². The van der Waals surface area contributed by atoms with Gasteiger partial charge in [0.2, 0.25) is 0 Å². The second-order valence-electron chi connectivity index (χ2n) is 4.32. The van der Waals surface area contributed by atoms with Crippen LogP contribution in [0.4, 0.5) is 13.2 Å². The molecule has 0 spiro atoms. The Labute approximate surface area is 106 Å². The molecule has 0 radical (unpaired) electrons. The first-order chi connectivity index (χ1) is 8.38. The lowest BCUT2D eigenvalue weighted by Crippen LogP contribution is -2.25. The van der Waals surface area contributed by atoms with Gasteiger partial charge in [0, 0.05) is 0 Å². The number of nitrogens with one attached hydrogen (secondary N) is 1. The molecule has 0 amide bonds. The van der Waals surface area contributed by atoms with Gasteiger partial charge in [0.25, 0.3) is 0 Å². The molecule has 0 aliphatic carbocycles. The predicted octanol–water partition coefficient (Wildman–Crippen LogP) is 4.32. The summed E-state index contributed by atoms with van der Waals surface area (Å²) in [5, 5.41) is 3.10. The molecule has 0 aliphatic rings. The van der Waals surface area contributed by atoms with Crippen molar-refractivity contribution in [2.24, 2.45) is 0 Å². The fourth-order valence-corrected chi connectivity index (χ4v) is 1.85. The zero-order valence-electron chi connectivity index (χ0n) is 10.6. The first-order valence-electron chi connectivity index (χ1n) is 5.92. The van der Waals surface area contributed by atoms with Crippen LogP contribution in [0.25, 0.3) is 0 Å². The zero-order valence-corrected chi connectivity index (χ0v) is 10.6. The summed E-state index contributed by atoms with van der Waals surface area (Å²) < 4.78 is 38.8. The van der Waals surface area contributed by atoms with E-state index in [1.165, 1.54) is 12.1 Å². The average Bonchev–Trinajstić information content (AvgIpc) is 2.28. The second-order valence-corrected chi connectivity index (χ2v) is 4.32. The van der Waals surface area contributed by atoms with Gasteiger partial charge < -0.3 is 5.32 Å². The van der Waals surface area contributed by atoms with E-state index in [0.29, 0.717) is 12.1 Å². The SMILES string of the molecule is C=C(C)C(NCCC)c1ccccc1C(F)(F)F. The lowest BCUT2D eigenvalue weighted by molar-refractivity contribution is -0.138. The Kier molecular flexibility index (Phi) is 4.96. The molecule has 1 unspecified atom stereocenters. The maximum Gasteiger partial charge on any atom is 0.416 e. The standard InChI is InChI=1S/C14H18F3N/c1-4-9-18-13(10(2)3)11-7-5-6-8-12(11)14(15,16)17/h5-8,13,18H,2,4,9H2,1,3H3. The molecule has 0 saturated carbocycles. The highest BCUT2D eigenvalue weighted by Crippen LogP contribution is 2.36. The maximum atomic E-state index is 12.9. The molecule has 0 aromatic heterocycles. The van der Waals surface area contributed by atoms with Gasteiger partial charge in [-0.1, -0.05) is 37.3 Å². The summed E-state index contributed by atoms with van der Waals surface area (Å²) in [6.45, 7) is 8.14. The molecule has 100 valence electrons. The largest absolute Gasteiger partial charge is 0.416 e. The van der Waals surface area contributed by atoms with Gasteiger partial charge in [0.15, 0.2) is 0 Å². The van der Waals surface area contributed by atoms with Gasteiger partial charge in [-0.25, -0.2) is 0 Å². The van der Waals surface area contributed by atoms with Gasteiger partial charge in [-0.2, -0.15) is 13.2 Å². The number of hydrogen-bond donors (Lipinski definition) is 1. The van der Waals surface area contributed by atoms with E-state index in [1.54, 1.807) is 13.0 Å². The van der Waals surface area contributed by atoms with Crippen LogP contribution in [0.2, 0.25) is 0 Å². The van der Waals surface area contributed by atoms with Gasteiger partial charge in [-0.15, -0.1) is 0 Å². The minimum Gasteiger partial charge on any atom is -0.307 e. The highest BCUT2D eigenvalue weighted by molar-refractivity contribution is 5.36. The van der Waals surface area contributed by atoms with Crippen molar-refractivity contribution in [1.82, 2.24) is 5.32 Å². The van der Waals surface area contributed by atoms with Gasteiger partial charge in [-0.05, 0) is 31.5 Å². The van der Waals surface area contributed by atoms with Crippen LogP contribution in [0.5, 0.6) is 0 Å². The van der Waals surface area contributed by atoms with Gasteiger partial charge in [-0.3, -0.25) is 0 Å². The van der Waals surface area contributed by atoms with Crippen LogP contribution >= 0.6 is 0 Å². The topological polar surface area (TPSA) is 12.0 Å². The Hall–Kier alpha value is -1.29. The molecule has 0 saturated heterocycles. The molecule has 0 bridgehead atoms. The molecule has 1 nitrogen and oxygen atoms in total. The Morgan fingerprint density at radius 3 is 2.44 bits per heavy atom. The van der Waals surface area contributed by atoms with E-state index in [1.807, 2.05) is 6.92 Å². The Morgan fingerprint density at radius 1 is 1.33 bits per heavy atom. The van der Waals surface area contributed by atoms with Crippen molar-refractivity contribution in [3.8, 4) is 0 Å². The molecular formula is C14H18F3N. The van der Waals surface area contributed by atoms with Crippen LogP contribution in [0.3, 0.4) is 0 Å². The highest BCUT2D eigenvalue weighted by Gasteiger charge is 2.34. The van der Waals surface area contributed by atoms with E-state index in [4.69, 9.17) is 0 Å². The molecule has 1 aromatic rings. The van der Waals surface area contributed by atoms with Crippen LogP contribution in [-0.4, -0.2) is 6.54 Å². The van der Waals surface area contributed by atoms with Crippen molar-refractivity contribution in [2.75, 3.05) is 6.54 Å². The fraction of sp³-hybridized carbons (Fsp3) is 0.429. The normalized spacial score (nSPS) is 13.4. The second kappa shape index (κ2) is 6.05. The minimum absolute atomic E-state index is 0.242. The van der Waals surface area contributed by atoms with Crippen molar-refractivity contribution in [2.45, 2.75) is 32.5 Å². The molecule has 18 heavy (non-hydrogen) atoms. The van der Waals surface area contributed by atoms with Gasteiger partial charge >= 0.3 is 6.18 Å². The van der Waals surface area contributed by atoms with Crippen molar-refractivity contribution in [3.63, 3.8) is 0 Å². The van der Waals surface area contributed by atoms with Crippen molar-refractivity contribution >= 4 is 0 Å². The van der Waals surface area contributed by atoms with Gasteiger partial charge in [0.05, 0.1) is 11.6 Å². The third-order valence-corrected chi connectivity index (χ3v) is 2.67. The summed E-state index contributed by atoms with van der Waals surface area (Å²) in [6, 6.07) is 5.18. The van der Waals surface area contributed by atoms with Gasteiger partial charge in [0.1, 0.15) is 0 Å². The first-order valence-corrected chi connectivity index (χ1v) is 5.92. The summed E-state index contributed by atoms with van der Waals surface area (Å²) >= 11 is 0. The van der Waals surface area contributed by atoms with Crippen LogP contribution < -0.4 is 5.32 Å². The van der Waals surface area contributed by atoms with Crippen LogP contribution in [0, 0.1) is 0 Å². The number of benzene rings is 1. The Bertz CT molecular complexity index is 410. The molecule has 0 fully saturated rings. The van der Waals surface area contributed by atoms with E-state index in [2.05, 4.69) is 11.9 Å². The third-order valence-electron chi connectivity index (χ3n) is 2.67. The summed E-state index contributed by atoms with van der Waals surface area (Å²) in [7, 11) is 0. The summed E-state index contributed by atoms with van der Waals surface area (Å²) in [5.41, 5.74) is 0.327. The fourth-order valence-electron chi connectivity index (χ4n) is 1.85. The number of halogens is 3. The van der Waals surface area contributed by atoms with E-state index in [-0.39, 0.29) is 5.56 Å². The van der Waals surface area contributed by atoms with Crippen molar-refractivity contribution in [3.05, 3.63) is 47.5 Å². The Balaban J connectivity index is 3.16. The molecule has 1 N–H and O–H groups in total. The molecule has 0 aliphatic heterocycles. The molecule has 1 atom stereocenters. The molecule has 1 rings (SSSR count). The zero-order chi connectivity index (χ0) is 13.8. The maximum absolute atomic E-state index is 12.9. The Morgan fingerprint density at radius 2 is 1.94 bits per heavy atom. The summed E-state index contributed by atoms with van der Waals surface area (Å²) in [4.78, 5) is 0. The number of rotatable bonds is 5. The quantitative estimate of drug-likeness (QED) is 0.774. The molecular weight excluding hydrogens is 239 g/mol. The smallest absolute Gasteiger partial charge is 0.307 e. The molecule has 1 aromatic carbocycles. The minimum atomic E-state index is -4.34. The van der Waals surface area contributed by atoms with E-state index >= 15 is 0 Å². The lowest BCUT2D eigenvalue weighted by atomic mass is 9.95. The number of hydrogen-bond acceptors (Lipinski definition) is 1. The summed E-state index contributed by atoms with van der Waals surface area (Å²) in [5.74, 6) is 0. The lowest BCUT2D eigenvalue weighted by Gasteiger charge is -2.23. The highest BCUT2D eigenvalue weighted by atomic mass is 19.4. The summed E-state index contributed by atoms with van der Waals surface area (Å²) in [6.07, 6.45) is -3.48. The average molecular weight is 257 g/mol.